The number of ether oxygens (including phenoxy) is 3. The molecule has 0 aliphatic rings. The maximum atomic E-state index is 11.7. The van der Waals surface area contributed by atoms with Gasteiger partial charge in [0.15, 0.2) is 0 Å². The lowest BCUT2D eigenvalue weighted by Crippen LogP contribution is -2.44. The van der Waals surface area contributed by atoms with Crippen LogP contribution in [0, 0.1) is 0 Å². The maximum absolute atomic E-state index is 11.7. The van der Waals surface area contributed by atoms with E-state index in [4.69, 9.17) is 14.2 Å². The van der Waals surface area contributed by atoms with Crippen molar-refractivity contribution in [2.24, 2.45) is 0 Å². The molecule has 1 atom stereocenters. The number of rotatable bonds is 8. The van der Waals surface area contributed by atoms with E-state index in [1.54, 1.807) is 26.2 Å². The first-order valence-electron chi connectivity index (χ1n) is 6.68. The van der Waals surface area contributed by atoms with Crippen molar-refractivity contribution in [1.82, 2.24) is 5.32 Å². The van der Waals surface area contributed by atoms with Crippen LogP contribution in [0.3, 0.4) is 0 Å². The minimum atomic E-state index is -0.739. The number of carbonyl (C=O) groups excluding carboxylic acids is 2. The maximum Gasteiger partial charge on any atom is 0.328 e. The van der Waals surface area contributed by atoms with Crippen LogP contribution in [-0.4, -0.2) is 45.4 Å². The lowest BCUT2D eigenvalue weighted by atomic mass is 10.1. The molecule has 0 aliphatic carbocycles. The second-order valence-corrected chi connectivity index (χ2v) is 4.33. The number of esters is 1. The first-order valence-corrected chi connectivity index (χ1v) is 6.68. The molecule has 0 heterocycles. The summed E-state index contributed by atoms with van der Waals surface area (Å²) in [6.45, 7) is 2.16. The number of benzene rings is 1. The van der Waals surface area contributed by atoms with Crippen LogP contribution in [0.25, 0.3) is 0 Å². The SMILES string of the molecule is CCOCC(=O)N[C@H](Cc1ccc(OC)cc1)C(=O)OC. The summed E-state index contributed by atoms with van der Waals surface area (Å²) < 4.78 is 14.8. The summed E-state index contributed by atoms with van der Waals surface area (Å²) in [7, 11) is 2.87. The minimum Gasteiger partial charge on any atom is -0.497 e. The first kappa shape index (κ1) is 17.0. The van der Waals surface area contributed by atoms with Gasteiger partial charge in [0.1, 0.15) is 18.4 Å². The van der Waals surface area contributed by atoms with E-state index in [2.05, 4.69) is 5.32 Å². The molecule has 0 fully saturated rings. The van der Waals surface area contributed by atoms with E-state index in [-0.39, 0.29) is 12.5 Å². The summed E-state index contributed by atoms with van der Waals surface area (Å²) in [5, 5.41) is 2.61. The average molecular weight is 295 g/mol. The standard InChI is InChI=1S/C15H21NO5/c1-4-21-10-14(17)16-13(15(18)20-3)9-11-5-7-12(19-2)8-6-11/h5-8,13H,4,9-10H2,1-3H3,(H,16,17)/t13-/m1/s1. The van der Waals surface area contributed by atoms with E-state index in [1.165, 1.54) is 7.11 Å². The molecule has 1 N–H and O–H groups in total. The molecule has 0 radical (unpaired) electrons. The van der Waals surface area contributed by atoms with Gasteiger partial charge in [-0.25, -0.2) is 4.79 Å². The summed E-state index contributed by atoms with van der Waals surface area (Å²) in [4.78, 5) is 23.4. The quantitative estimate of drug-likeness (QED) is 0.722. The highest BCUT2D eigenvalue weighted by Crippen LogP contribution is 2.13. The molecular formula is C15H21NO5. The lowest BCUT2D eigenvalue weighted by Gasteiger charge is -2.16. The third-order valence-corrected chi connectivity index (χ3v) is 2.86. The monoisotopic (exact) mass is 295 g/mol. The number of nitrogens with one attached hydrogen (secondary N) is 1. The zero-order valence-electron chi connectivity index (χ0n) is 12.5. The number of amides is 1. The van der Waals surface area contributed by atoms with Crippen molar-refractivity contribution < 1.29 is 23.8 Å². The third kappa shape index (κ3) is 5.83. The van der Waals surface area contributed by atoms with Gasteiger partial charge in [-0.2, -0.15) is 0 Å². The van der Waals surface area contributed by atoms with Gasteiger partial charge in [-0.15, -0.1) is 0 Å². The molecule has 0 spiro atoms. The van der Waals surface area contributed by atoms with E-state index in [1.807, 2.05) is 12.1 Å². The molecule has 0 bridgehead atoms. The normalized spacial score (nSPS) is 11.6. The second-order valence-electron chi connectivity index (χ2n) is 4.33. The Labute approximate surface area is 124 Å². The summed E-state index contributed by atoms with van der Waals surface area (Å²) in [5.41, 5.74) is 0.892. The van der Waals surface area contributed by atoms with Gasteiger partial charge in [-0.05, 0) is 24.6 Å². The van der Waals surface area contributed by atoms with Crippen molar-refractivity contribution in [3.63, 3.8) is 0 Å². The molecule has 1 aromatic carbocycles. The minimum absolute atomic E-state index is 0.0768. The largest absolute Gasteiger partial charge is 0.497 e. The van der Waals surface area contributed by atoms with Gasteiger partial charge in [0.05, 0.1) is 14.2 Å². The Morgan fingerprint density at radius 3 is 2.38 bits per heavy atom. The molecule has 1 aromatic rings. The van der Waals surface area contributed by atoms with Crippen LogP contribution < -0.4 is 10.1 Å². The van der Waals surface area contributed by atoms with E-state index in [0.717, 1.165) is 11.3 Å². The molecule has 1 rings (SSSR count). The van der Waals surface area contributed by atoms with Gasteiger partial charge in [-0.3, -0.25) is 4.79 Å². The van der Waals surface area contributed by atoms with E-state index in [0.29, 0.717) is 13.0 Å². The fourth-order valence-corrected chi connectivity index (χ4v) is 1.76. The Bertz CT molecular complexity index is 458. The number of hydrogen-bond acceptors (Lipinski definition) is 5. The van der Waals surface area contributed by atoms with Crippen LogP contribution in [0.4, 0.5) is 0 Å². The third-order valence-electron chi connectivity index (χ3n) is 2.86. The van der Waals surface area contributed by atoms with Gasteiger partial charge in [0.25, 0.3) is 0 Å². The Kier molecular flexibility index (Phi) is 7.25. The van der Waals surface area contributed by atoms with Crippen molar-refractivity contribution in [3.8, 4) is 5.75 Å². The van der Waals surface area contributed by atoms with E-state index < -0.39 is 12.0 Å². The van der Waals surface area contributed by atoms with Gasteiger partial charge in [0, 0.05) is 13.0 Å². The van der Waals surface area contributed by atoms with Gasteiger partial charge in [-0.1, -0.05) is 12.1 Å². The molecule has 1 amide bonds. The molecule has 6 nitrogen and oxygen atoms in total. The average Bonchev–Trinajstić information content (AvgIpc) is 2.52. The van der Waals surface area contributed by atoms with Gasteiger partial charge in [0.2, 0.25) is 5.91 Å². The van der Waals surface area contributed by atoms with Crippen LogP contribution in [0.5, 0.6) is 5.75 Å². The highest BCUT2D eigenvalue weighted by Gasteiger charge is 2.21. The molecule has 6 heteroatoms. The van der Waals surface area contributed by atoms with Crippen LogP contribution >= 0.6 is 0 Å². The van der Waals surface area contributed by atoms with Crippen molar-refractivity contribution in [2.75, 3.05) is 27.4 Å². The molecule has 0 aromatic heterocycles. The summed E-state index contributed by atoms with van der Waals surface area (Å²) in [6.07, 6.45) is 0.342. The molecular weight excluding hydrogens is 274 g/mol. The topological polar surface area (TPSA) is 73.9 Å². The highest BCUT2D eigenvalue weighted by molar-refractivity contribution is 5.85. The van der Waals surface area contributed by atoms with Crippen LogP contribution in [0.1, 0.15) is 12.5 Å². The van der Waals surface area contributed by atoms with E-state index in [9.17, 15) is 9.59 Å². The summed E-state index contributed by atoms with van der Waals surface area (Å²) in [6, 6.07) is 6.53. The Morgan fingerprint density at radius 1 is 1.19 bits per heavy atom. The zero-order valence-corrected chi connectivity index (χ0v) is 12.5. The number of carbonyl (C=O) groups is 2. The predicted molar refractivity (Wildman–Crippen MR) is 77.1 cm³/mol. The predicted octanol–water partition coefficient (Wildman–Crippen LogP) is 0.932. The fraction of sp³-hybridized carbons (Fsp3) is 0.467. The van der Waals surface area contributed by atoms with E-state index >= 15 is 0 Å². The van der Waals surface area contributed by atoms with Crippen LogP contribution in [0.15, 0.2) is 24.3 Å². The van der Waals surface area contributed by atoms with Gasteiger partial charge >= 0.3 is 5.97 Å². The highest BCUT2D eigenvalue weighted by atomic mass is 16.5. The summed E-state index contributed by atoms with van der Waals surface area (Å²) in [5.74, 6) is -0.106. The van der Waals surface area contributed by atoms with Crippen molar-refractivity contribution in [1.29, 1.82) is 0 Å². The lowest BCUT2D eigenvalue weighted by molar-refractivity contribution is -0.145. The van der Waals surface area contributed by atoms with Crippen molar-refractivity contribution >= 4 is 11.9 Å². The number of methoxy groups -OCH3 is 2. The molecule has 116 valence electrons. The van der Waals surface area contributed by atoms with Crippen molar-refractivity contribution in [3.05, 3.63) is 29.8 Å². The fourth-order valence-electron chi connectivity index (χ4n) is 1.76. The molecule has 0 saturated heterocycles. The number of hydrogen-bond donors (Lipinski definition) is 1. The van der Waals surface area contributed by atoms with Crippen molar-refractivity contribution in [2.45, 2.75) is 19.4 Å². The Balaban J connectivity index is 2.68. The molecule has 0 saturated carbocycles. The Hall–Kier alpha value is -2.08. The van der Waals surface area contributed by atoms with Gasteiger partial charge < -0.3 is 19.5 Å². The Morgan fingerprint density at radius 2 is 1.86 bits per heavy atom. The molecule has 0 aliphatic heterocycles. The molecule has 21 heavy (non-hydrogen) atoms. The first-order chi connectivity index (χ1) is 10.1. The molecule has 0 unspecified atom stereocenters. The van der Waals surface area contributed by atoms with Crippen LogP contribution in [-0.2, 0) is 25.5 Å². The van der Waals surface area contributed by atoms with Crippen LogP contribution in [0.2, 0.25) is 0 Å². The second kappa shape index (κ2) is 8.97. The summed E-state index contributed by atoms with van der Waals surface area (Å²) >= 11 is 0. The zero-order chi connectivity index (χ0) is 15.7. The smallest absolute Gasteiger partial charge is 0.328 e.